The molecule has 0 heterocycles. The molecule has 2 N–H and O–H groups in total. The van der Waals surface area contributed by atoms with Crippen LogP contribution in [0, 0.1) is 0 Å². The van der Waals surface area contributed by atoms with Crippen LogP contribution in [0.2, 0.25) is 0 Å². The molecule has 8 heteroatoms. The van der Waals surface area contributed by atoms with Gasteiger partial charge in [0.15, 0.2) is 23.0 Å². The van der Waals surface area contributed by atoms with Gasteiger partial charge < -0.3 is 24.1 Å². The topological polar surface area (TPSA) is 98.6 Å². The lowest BCUT2D eigenvalue weighted by Gasteiger charge is -2.13. The highest BCUT2D eigenvalue weighted by Crippen LogP contribution is 2.38. The molecule has 0 spiro atoms. The Morgan fingerprint density at radius 1 is 1.00 bits per heavy atom. The molecule has 0 saturated heterocycles. The fraction of sp³-hybridized carbons (Fsp3) is 0.222. The normalized spacial score (nSPS) is 10.5. The lowest BCUT2D eigenvalue weighted by atomic mass is 10.1. The molecule has 1 amide bonds. The van der Waals surface area contributed by atoms with Gasteiger partial charge in [0.25, 0.3) is 5.91 Å². The molecule has 2 rings (SSSR count). The number of hydrazone groups is 1. The second kappa shape index (κ2) is 8.61. The molecule has 0 aliphatic carbocycles. The summed E-state index contributed by atoms with van der Waals surface area (Å²) in [5, 5.41) is 13.8. The molecule has 0 bridgehead atoms. The summed E-state index contributed by atoms with van der Waals surface area (Å²) in [7, 11) is 5.85. The van der Waals surface area contributed by atoms with Crippen molar-refractivity contribution in [1.29, 1.82) is 0 Å². The summed E-state index contributed by atoms with van der Waals surface area (Å²) in [6.45, 7) is 0. The van der Waals surface area contributed by atoms with Crippen molar-refractivity contribution in [1.82, 2.24) is 5.43 Å². The predicted octanol–water partition coefficient (Wildman–Crippen LogP) is 2.19. The number of aromatic hydroxyl groups is 1. The van der Waals surface area contributed by atoms with Crippen LogP contribution >= 0.6 is 0 Å². The first-order valence-corrected chi connectivity index (χ1v) is 7.55. The van der Waals surface area contributed by atoms with Crippen LogP contribution in [0.5, 0.6) is 28.7 Å². The quantitative estimate of drug-likeness (QED) is 0.580. The molecule has 2 aromatic carbocycles. The summed E-state index contributed by atoms with van der Waals surface area (Å²) in [6, 6.07) is 7.96. The lowest BCUT2D eigenvalue weighted by Crippen LogP contribution is -2.18. The van der Waals surface area contributed by atoms with Crippen LogP contribution in [-0.4, -0.2) is 45.7 Å². The summed E-state index contributed by atoms with van der Waals surface area (Å²) in [5.41, 5.74) is 3.05. The average molecular weight is 360 g/mol. The number of carbonyl (C=O) groups is 1. The van der Waals surface area contributed by atoms with E-state index in [-0.39, 0.29) is 11.3 Å². The fourth-order valence-electron chi connectivity index (χ4n) is 2.25. The molecule has 0 fully saturated rings. The molecule has 0 atom stereocenters. The van der Waals surface area contributed by atoms with Gasteiger partial charge >= 0.3 is 0 Å². The van der Waals surface area contributed by atoms with Crippen LogP contribution < -0.4 is 24.4 Å². The van der Waals surface area contributed by atoms with E-state index in [0.29, 0.717) is 28.6 Å². The van der Waals surface area contributed by atoms with Gasteiger partial charge in [-0.15, -0.1) is 0 Å². The van der Waals surface area contributed by atoms with E-state index >= 15 is 0 Å². The zero-order valence-electron chi connectivity index (χ0n) is 14.9. The van der Waals surface area contributed by atoms with Crippen molar-refractivity contribution in [3.05, 3.63) is 41.5 Å². The summed E-state index contributed by atoms with van der Waals surface area (Å²) in [5.74, 6) is 0.850. The maximum absolute atomic E-state index is 12.3. The minimum absolute atomic E-state index is 0.0687. The number of phenols is 1. The second-order valence-electron chi connectivity index (χ2n) is 5.01. The maximum Gasteiger partial charge on any atom is 0.271 e. The highest BCUT2D eigenvalue weighted by atomic mass is 16.5. The number of para-hydroxylation sites is 1. The van der Waals surface area contributed by atoms with Crippen LogP contribution in [-0.2, 0) is 0 Å². The molecule has 2 aromatic rings. The van der Waals surface area contributed by atoms with E-state index in [9.17, 15) is 9.90 Å². The first-order valence-electron chi connectivity index (χ1n) is 7.55. The van der Waals surface area contributed by atoms with Crippen molar-refractivity contribution in [2.75, 3.05) is 28.4 Å². The Labute approximate surface area is 151 Å². The Balaban J connectivity index is 2.20. The molecule has 26 heavy (non-hydrogen) atoms. The predicted molar refractivity (Wildman–Crippen MR) is 95.8 cm³/mol. The molecule has 0 aliphatic rings. The van der Waals surface area contributed by atoms with Gasteiger partial charge in [-0.25, -0.2) is 5.43 Å². The van der Waals surface area contributed by atoms with E-state index in [0.717, 1.165) is 0 Å². The van der Waals surface area contributed by atoms with E-state index in [2.05, 4.69) is 10.5 Å². The Morgan fingerprint density at radius 2 is 1.62 bits per heavy atom. The largest absolute Gasteiger partial charge is 0.504 e. The molecular weight excluding hydrogens is 340 g/mol. The van der Waals surface area contributed by atoms with E-state index in [1.54, 1.807) is 18.2 Å². The number of hydrogen-bond acceptors (Lipinski definition) is 7. The number of ether oxygens (including phenoxy) is 4. The Morgan fingerprint density at radius 3 is 2.15 bits per heavy atom. The van der Waals surface area contributed by atoms with Gasteiger partial charge in [-0.2, -0.15) is 5.10 Å². The number of methoxy groups -OCH3 is 4. The van der Waals surface area contributed by atoms with Gasteiger partial charge in [-0.1, -0.05) is 6.07 Å². The van der Waals surface area contributed by atoms with Crippen LogP contribution in [0.1, 0.15) is 15.9 Å². The van der Waals surface area contributed by atoms with Crippen molar-refractivity contribution >= 4 is 12.1 Å². The zero-order valence-corrected chi connectivity index (χ0v) is 14.9. The molecule has 138 valence electrons. The first kappa shape index (κ1) is 18.9. The maximum atomic E-state index is 12.3. The standard InChI is InChI=1S/C18H20N2O6/c1-23-13-7-5-6-11(16(13)21)10-19-20-18(22)12-8-14(24-2)17(26-4)15(9-12)25-3/h5-10,21H,1-4H3,(H,20,22)/b19-10-. The van der Waals surface area contributed by atoms with E-state index in [4.69, 9.17) is 18.9 Å². The van der Waals surface area contributed by atoms with E-state index < -0.39 is 5.91 Å². The Bertz CT molecular complexity index is 794. The van der Waals surface area contributed by atoms with Crippen LogP contribution in [0.25, 0.3) is 0 Å². The summed E-state index contributed by atoms with van der Waals surface area (Å²) < 4.78 is 20.7. The third-order valence-electron chi connectivity index (χ3n) is 3.55. The number of nitrogens with zero attached hydrogens (tertiary/aromatic N) is 1. The zero-order chi connectivity index (χ0) is 19.1. The van der Waals surface area contributed by atoms with E-state index in [1.165, 1.54) is 46.8 Å². The van der Waals surface area contributed by atoms with E-state index in [1.807, 2.05) is 0 Å². The monoisotopic (exact) mass is 360 g/mol. The summed E-state index contributed by atoms with van der Waals surface area (Å²) in [6.07, 6.45) is 1.31. The number of phenolic OH excluding ortho intramolecular Hbond substituents is 1. The van der Waals surface area contributed by atoms with Gasteiger partial charge in [0.2, 0.25) is 5.75 Å². The number of rotatable bonds is 7. The van der Waals surface area contributed by atoms with Crippen molar-refractivity contribution in [3.63, 3.8) is 0 Å². The summed E-state index contributed by atoms with van der Waals surface area (Å²) >= 11 is 0. The highest BCUT2D eigenvalue weighted by molar-refractivity contribution is 5.96. The first-order chi connectivity index (χ1) is 12.5. The van der Waals surface area contributed by atoms with Gasteiger partial charge in [-0.05, 0) is 24.3 Å². The van der Waals surface area contributed by atoms with Crippen molar-refractivity contribution in [3.8, 4) is 28.7 Å². The van der Waals surface area contributed by atoms with Crippen molar-refractivity contribution in [2.24, 2.45) is 5.10 Å². The smallest absolute Gasteiger partial charge is 0.271 e. The molecular formula is C18H20N2O6. The SMILES string of the molecule is COc1cccc(/C=N\NC(=O)c2cc(OC)c(OC)c(OC)c2)c1O. The average Bonchev–Trinajstić information content (AvgIpc) is 2.67. The lowest BCUT2D eigenvalue weighted by molar-refractivity contribution is 0.0954. The van der Waals surface area contributed by atoms with Crippen LogP contribution in [0.3, 0.4) is 0 Å². The van der Waals surface area contributed by atoms with Gasteiger partial charge in [0.1, 0.15) is 0 Å². The van der Waals surface area contributed by atoms with Crippen molar-refractivity contribution < 1.29 is 28.8 Å². The molecule has 0 aliphatic heterocycles. The highest BCUT2D eigenvalue weighted by Gasteiger charge is 2.16. The Hall–Kier alpha value is -3.42. The van der Waals surface area contributed by atoms with Crippen LogP contribution in [0.4, 0.5) is 0 Å². The number of benzene rings is 2. The fourth-order valence-corrected chi connectivity index (χ4v) is 2.25. The molecule has 0 unspecified atom stereocenters. The molecule has 0 saturated carbocycles. The molecule has 0 radical (unpaired) electrons. The van der Waals surface area contributed by atoms with Crippen LogP contribution in [0.15, 0.2) is 35.4 Å². The second-order valence-corrected chi connectivity index (χ2v) is 5.01. The molecule has 0 aromatic heterocycles. The summed E-state index contributed by atoms with van der Waals surface area (Å²) in [4.78, 5) is 12.3. The Kier molecular flexibility index (Phi) is 6.26. The van der Waals surface area contributed by atoms with Gasteiger partial charge in [0.05, 0.1) is 34.7 Å². The third kappa shape index (κ3) is 3.97. The van der Waals surface area contributed by atoms with Crippen molar-refractivity contribution in [2.45, 2.75) is 0 Å². The third-order valence-corrected chi connectivity index (χ3v) is 3.55. The number of carbonyl (C=O) groups excluding carboxylic acids is 1. The van der Waals surface area contributed by atoms with Gasteiger partial charge in [-0.3, -0.25) is 4.79 Å². The minimum Gasteiger partial charge on any atom is -0.504 e. The number of hydrogen-bond donors (Lipinski definition) is 2. The number of nitrogens with one attached hydrogen (secondary N) is 1. The number of amides is 1. The molecule has 8 nitrogen and oxygen atoms in total. The minimum atomic E-state index is -0.483. The van der Waals surface area contributed by atoms with Gasteiger partial charge in [0, 0.05) is 11.1 Å².